The molecule has 72 valence electrons. The maximum Gasteiger partial charge on any atom is 0.345 e. The summed E-state index contributed by atoms with van der Waals surface area (Å²) >= 11 is 0. The minimum Gasteiger partial charge on any atom is -0.477 e. The summed E-state index contributed by atoms with van der Waals surface area (Å²) < 4.78 is 5.21. The molecule has 1 aliphatic rings. The van der Waals surface area contributed by atoms with Gasteiger partial charge >= 0.3 is 5.97 Å². The van der Waals surface area contributed by atoms with Gasteiger partial charge in [-0.15, -0.1) is 0 Å². The zero-order chi connectivity index (χ0) is 10.1. The van der Waals surface area contributed by atoms with E-state index in [9.17, 15) is 4.79 Å². The second kappa shape index (κ2) is 7.52. The molecule has 1 heterocycles. The van der Waals surface area contributed by atoms with E-state index in [2.05, 4.69) is 6.58 Å². The summed E-state index contributed by atoms with van der Waals surface area (Å²) in [4.78, 5) is 9.61. The van der Waals surface area contributed by atoms with Crippen molar-refractivity contribution in [3.63, 3.8) is 0 Å². The number of hydrogen-bond acceptors (Lipinski definition) is 3. The molecule has 0 amide bonds. The van der Waals surface area contributed by atoms with E-state index in [0.717, 1.165) is 6.61 Å². The Morgan fingerprint density at radius 1 is 1.62 bits per heavy atom. The molecule has 4 nitrogen and oxygen atoms in total. The first-order valence-corrected chi connectivity index (χ1v) is 5.66. The fourth-order valence-electron chi connectivity index (χ4n) is 0.735. The van der Waals surface area contributed by atoms with Gasteiger partial charge in [-0.05, 0) is 12.5 Å². The Bertz CT molecular complexity index is 206. The second-order valence-corrected chi connectivity index (χ2v) is 4.09. The van der Waals surface area contributed by atoms with Gasteiger partial charge in [-0.2, -0.15) is 5.26 Å². The second-order valence-electron chi connectivity index (χ2n) is 2.57. The van der Waals surface area contributed by atoms with Crippen LogP contribution in [-0.2, 0) is 9.22 Å². The minimum atomic E-state index is -1.26. The van der Waals surface area contributed by atoms with E-state index in [1.54, 1.807) is 0 Å². The molecule has 0 unspecified atom stereocenters. The molecule has 1 N–H and O–H groups in total. The molecule has 0 atom stereocenters. The molecular weight excluding hydrogens is 186 g/mol. The molecule has 1 rings (SSSR count). The van der Waals surface area contributed by atoms with E-state index in [1.165, 1.54) is 25.0 Å². The highest BCUT2D eigenvalue weighted by molar-refractivity contribution is 6.27. The van der Waals surface area contributed by atoms with Crippen LogP contribution in [0.1, 0.15) is 12.8 Å². The van der Waals surface area contributed by atoms with Crippen molar-refractivity contribution in [3.8, 4) is 6.07 Å². The molecule has 1 aliphatic heterocycles. The standard InChI is InChI=1S/C4H3NO2.C4H10OSi/c1-3(2-5)4(6)7;1-2-4-6-5-3-1/h1H2,(H,6,7);1-4,6H2. The molecule has 0 radical (unpaired) electrons. The fourth-order valence-corrected chi connectivity index (χ4v) is 1.90. The lowest BCUT2D eigenvalue weighted by Gasteiger charge is -2.07. The first-order valence-electron chi connectivity index (χ1n) is 4.08. The van der Waals surface area contributed by atoms with E-state index < -0.39 is 11.5 Å². The van der Waals surface area contributed by atoms with Crippen molar-refractivity contribution in [1.29, 1.82) is 5.26 Å². The average Bonchev–Trinajstić information content (AvgIpc) is 2.20. The third kappa shape index (κ3) is 7.24. The van der Waals surface area contributed by atoms with Crippen molar-refractivity contribution in [2.24, 2.45) is 0 Å². The lowest BCUT2D eigenvalue weighted by Crippen LogP contribution is -2.06. The highest BCUT2D eigenvalue weighted by Gasteiger charge is 1.97. The summed E-state index contributed by atoms with van der Waals surface area (Å²) in [6, 6.07) is 2.79. The van der Waals surface area contributed by atoms with Crippen LogP contribution in [0.2, 0.25) is 6.04 Å². The van der Waals surface area contributed by atoms with Crippen LogP contribution >= 0.6 is 0 Å². The number of aliphatic carboxylic acids is 1. The Kier molecular flexibility index (Phi) is 6.87. The molecular formula is C8H13NO3Si. The van der Waals surface area contributed by atoms with Gasteiger partial charge in [-0.3, -0.25) is 0 Å². The summed E-state index contributed by atoms with van der Waals surface area (Å²) in [5, 5.41) is 15.6. The minimum absolute atomic E-state index is 0.00849. The summed E-state index contributed by atoms with van der Waals surface area (Å²) in [6.45, 7) is 3.97. The highest BCUT2D eigenvalue weighted by atomic mass is 28.2. The monoisotopic (exact) mass is 199 g/mol. The van der Waals surface area contributed by atoms with Crippen LogP contribution in [-0.4, -0.2) is 27.4 Å². The highest BCUT2D eigenvalue weighted by Crippen LogP contribution is 2.01. The quantitative estimate of drug-likeness (QED) is 0.378. The van der Waals surface area contributed by atoms with Gasteiger partial charge in [0.25, 0.3) is 0 Å². The van der Waals surface area contributed by atoms with Crippen molar-refractivity contribution in [3.05, 3.63) is 12.2 Å². The van der Waals surface area contributed by atoms with E-state index >= 15 is 0 Å². The molecule has 0 aromatic carbocycles. The lowest BCUT2D eigenvalue weighted by molar-refractivity contribution is -0.132. The van der Waals surface area contributed by atoms with Crippen LogP contribution in [0.25, 0.3) is 0 Å². The molecule has 0 aromatic heterocycles. The number of carbonyl (C=O) groups is 1. The van der Waals surface area contributed by atoms with Gasteiger partial charge in [0.2, 0.25) is 0 Å². The molecule has 0 bridgehead atoms. The molecule has 0 saturated carbocycles. The van der Waals surface area contributed by atoms with Crippen LogP contribution in [0.4, 0.5) is 0 Å². The van der Waals surface area contributed by atoms with Crippen molar-refractivity contribution in [2.75, 3.05) is 6.61 Å². The summed E-state index contributed by atoms with van der Waals surface area (Å²) in [7, 11) is 0.00849. The molecule has 1 fully saturated rings. The lowest BCUT2D eigenvalue weighted by atomic mass is 10.4. The van der Waals surface area contributed by atoms with Gasteiger partial charge < -0.3 is 9.53 Å². The van der Waals surface area contributed by atoms with Gasteiger partial charge in [0.1, 0.15) is 11.6 Å². The zero-order valence-electron chi connectivity index (χ0n) is 7.45. The van der Waals surface area contributed by atoms with E-state index in [0.29, 0.717) is 0 Å². The molecule has 1 saturated heterocycles. The van der Waals surface area contributed by atoms with Gasteiger partial charge in [0.05, 0.1) is 0 Å². The Balaban J connectivity index is 0.000000223. The normalized spacial score (nSPS) is 16.5. The maximum atomic E-state index is 9.61. The van der Waals surface area contributed by atoms with Crippen LogP contribution in [0.5, 0.6) is 0 Å². The Hall–Kier alpha value is -1.12. The molecule has 5 heteroatoms. The number of nitriles is 1. The van der Waals surface area contributed by atoms with Crippen LogP contribution < -0.4 is 0 Å². The van der Waals surface area contributed by atoms with Crippen molar-refractivity contribution in [1.82, 2.24) is 0 Å². The molecule has 13 heavy (non-hydrogen) atoms. The number of hydrogen-bond donors (Lipinski definition) is 1. The zero-order valence-corrected chi connectivity index (χ0v) is 8.87. The summed E-state index contributed by atoms with van der Waals surface area (Å²) in [6.07, 6.45) is 2.75. The molecule has 0 spiro atoms. The number of carboxylic acids is 1. The van der Waals surface area contributed by atoms with Gasteiger partial charge in [-0.1, -0.05) is 13.0 Å². The van der Waals surface area contributed by atoms with Crippen molar-refractivity contribution in [2.45, 2.75) is 18.9 Å². The predicted octanol–water partition coefficient (Wildman–Crippen LogP) is 0.450. The predicted molar refractivity (Wildman–Crippen MR) is 50.9 cm³/mol. The van der Waals surface area contributed by atoms with Crippen molar-refractivity contribution < 1.29 is 14.3 Å². The van der Waals surface area contributed by atoms with Gasteiger partial charge in [0, 0.05) is 6.61 Å². The number of nitrogens with zero attached hydrogens (tertiary/aromatic N) is 1. The molecule has 0 aromatic rings. The van der Waals surface area contributed by atoms with Crippen LogP contribution in [0.3, 0.4) is 0 Å². The SMILES string of the molecule is C1CC[SiH2]OC1.C=C(C#N)C(=O)O. The Labute approximate surface area is 79.8 Å². The average molecular weight is 199 g/mol. The van der Waals surface area contributed by atoms with Crippen LogP contribution in [0.15, 0.2) is 12.2 Å². The van der Waals surface area contributed by atoms with Gasteiger partial charge in [0.15, 0.2) is 9.76 Å². The largest absolute Gasteiger partial charge is 0.477 e. The number of carboxylic acid groups (broad SMARTS) is 1. The topological polar surface area (TPSA) is 70.3 Å². The van der Waals surface area contributed by atoms with E-state index in [1.807, 2.05) is 0 Å². The Morgan fingerprint density at radius 2 is 2.31 bits per heavy atom. The smallest absolute Gasteiger partial charge is 0.345 e. The first-order chi connectivity index (χ1) is 6.18. The summed E-state index contributed by atoms with van der Waals surface area (Å²) in [5.74, 6) is -1.26. The summed E-state index contributed by atoms with van der Waals surface area (Å²) in [5.41, 5.74) is -0.431. The number of rotatable bonds is 1. The van der Waals surface area contributed by atoms with Crippen molar-refractivity contribution >= 4 is 15.7 Å². The van der Waals surface area contributed by atoms with E-state index in [4.69, 9.17) is 14.8 Å². The maximum absolute atomic E-state index is 9.61. The van der Waals surface area contributed by atoms with E-state index in [-0.39, 0.29) is 9.76 Å². The molecule has 0 aliphatic carbocycles. The third-order valence-electron chi connectivity index (χ3n) is 1.47. The fraction of sp³-hybridized carbons (Fsp3) is 0.500. The van der Waals surface area contributed by atoms with Gasteiger partial charge in [-0.25, -0.2) is 4.79 Å². The third-order valence-corrected chi connectivity index (χ3v) is 2.84. The first kappa shape index (κ1) is 11.9. The van der Waals surface area contributed by atoms with Crippen LogP contribution in [0, 0.1) is 11.3 Å². The Morgan fingerprint density at radius 3 is 2.38 bits per heavy atom.